The maximum Gasteiger partial charge on any atom is 0.251 e. The van der Waals surface area contributed by atoms with Crippen molar-refractivity contribution in [2.24, 2.45) is 0 Å². The first kappa shape index (κ1) is 19.0. The lowest BCUT2D eigenvalue weighted by atomic mass is 10.1. The van der Waals surface area contributed by atoms with Crippen LogP contribution < -0.4 is 10.1 Å². The number of ether oxygens (including phenoxy) is 1. The number of aromatic amines is 1. The molecule has 1 heterocycles. The molecule has 0 bridgehead atoms. The zero-order valence-corrected chi connectivity index (χ0v) is 16.4. The summed E-state index contributed by atoms with van der Waals surface area (Å²) in [7, 11) is 4.03. The van der Waals surface area contributed by atoms with Crippen LogP contribution in [-0.2, 0) is 6.54 Å². The molecular formula is C22H27N3O2. The van der Waals surface area contributed by atoms with E-state index >= 15 is 0 Å². The van der Waals surface area contributed by atoms with Crippen molar-refractivity contribution in [3.05, 3.63) is 64.8 Å². The smallest absolute Gasteiger partial charge is 0.251 e. The summed E-state index contributed by atoms with van der Waals surface area (Å²) in [6, 6.07) is 13.6. The van der Waals surface area contributed by atoms with Crippen LogP contribution in [0.4, 0.5) is 0 Å². The fraction of sp³-hybridized carbons (Fsp3) is 0.318. The van der Waals surface area contributed by atoms with Crippen molar-refractivity contribution < 1.29 is 9.53 Å². The van der Waals surface area contributed by atoms with Crippen LogP contribution in [0, 0.1) is 13.8 Å². The second kappa shape index (κ2) is 8.27. The van der Waals surface area contributed by atoms with Crippen LogP contribution in [0.3, 0.4) is 0 Å². The van der Waals surface area contributed by atoms with Crippen molar-refractivity contribution in [2.45, 2.75) is 20.4 Å². The second-order valence-electron chi connectivity index (χ2n) is 7.12. The number of H-pyrrole nitrogens is 1. The van der Waals surface area contributed by atoms with Crippen LogP contribution in [0.5, 0.6) is 5.75 Å². The fourth-order valence-electron chi connectivity index (χ4n) is 2.98. The number of nitrogens with zero attached hydrogens (tertiary/aromatic N) is 1. The molecule has 0 fully saturated rings. The Kier molecular flexibility index (Phi) is 5.81. The Labute approximate surface area is 160 Å². The van der Waals surface area contributed by atoms with Crippen LogP contribution in [0.15, 0.2) is 42.5 Å². The van der Waals surface area contributed by atoms with E-state index in [4.69, 9.17) is 4.74 Å². The number of hydrogen-bond donors (Lipinski definition) is 2. The van der Waals surface area contributed by atoms with Gasteiger partial charge in [-0.3, -0.25) is 4.79 Å². The molecule has 0 unspecified atom stereocenters. The number of nitrogens with one attached hydrogen (secondary N) is 2. The van der Waals surface area contributed by atoms with Gasteiger partial charge in [0, 0.05) is 35.2 Å². The van der Waals surface area contributed by atoms with E-state index in [0.29, 0.717) is 18.7 Å². The number of rotatable bonds is 7. The van der Waals surface area contributed by atoms with Gasteiger partial charge in [0.1, 0.15) is 12.4 Å². The van der Waals surface area contributed by atoms with E-state index < -0.39 is 0 Å². The quantitative estimate of drug-likeness (QED) is 0.672. The van der Waals surface area contributed by atoms with Crippen LogP contribution in [-0.4, -0.2) is 43.0 Å². The first-order valence-electron chi connectivity index (χ1n) is 9.17. The van der Waals surface area contributed by atoms with Gasteiger partial charge in [0.15, 0.2) is 0 Å². The first-order chi connectivity index (χ1) is 12.9. The van der Waals surface area contributed by atoms with E-state index in [-0.39, 0.29) is 5.91 Å². The Bertz CT molecular complexity index is 944. The summed E-state index contributed by atoms with van der Waals surface area (Å²) < 4.78 is 5.75. The maximum atomic E-state index is 12.6. The van der Waals surface area contributed by atoms with Crippen molar-refractivity contribution in [3.8, 4) is 5.75 Å². The lowest BCUT2D eigenvalue weighted by molar-refractivity contribution is 0.0951. The molecule has 0 aliphatic carbocycles. The molecule has 1 amide bonds. The van der Waals surface area contributed by atoms with Gasteiger partial charge in [-0.25, -0.2) is 0 Å². The first-order valence-corrected chi connectivity index (χ1v) is 9.17. The average molecular weight is 365 g/mol. The molecule has 3 rings (SSSR count). The third-order valence-electron chi connectivity index (χ3n) is 4.73. The van der Waals surface area contributed by atoms with E-state index in [2.05, 4.69) is 22.1 Å². The largest absolute Gasteiger partial charge is 0.492 e. The number of fused-ring (bicyclic) bond motifs is 1. The van der Waals surface area contributed by atoms with E-state index in [1.807, 2.05) is 63.5 Å². The molecule has 0 saturated heterocycles. The van der Waals surface area contributed by atoms with E-state index in [1.54, 1.807) is 0 Å². The molecule has 3 aromatic rings. The summed E-state index contributed by atoms with van der Waals surface area (Å²) in [5.41, 5.74) is 5.06. The number of hydrogen-bond acceptors (Lipinski definition) is 3. The van der Waals surface area contributed by atoms with Crippen molar-refractivity contribution >= 4 is 16.8 Å². The number of aryl methyl sites for hydroxylation is 2. The van der Waals surface area contributed by atoms with Crippen LogP contribution >= 0.6 is 0 Å². The predicted molar refractivity (Wildman–Crippen MR) is 109 cm³/mol. The summed E-state index contributed by atoms with van der Waals surface area (Å²) in [6.45, 7) is 6.08. The minimum Gasteiger partial charge on any atom is -0.492 e. The summed E-state index contributed by atoms with van der Waals surface area (Å²) in [6.07, 6.45) is 0. The zero-order valence-electron chi connectivity index (χ0n) is 16.4. The van der Waals surface area contributed by atoms with Crippen molar-refractivity contribution in [3.63, 3.8) is 0 Å². The summed E-state index contributed by atoms with van der Waals surface area (Å²) in [5, 5.41) is 4.09. The molecule has 142 valence electrons. The Hall–Kier alpha value is -2.79. The molecule has 5 heteroatoms. The Morgan fingerprint density at radius 3 is 2.74 bits per heavy atom. The van der Waals surface area contributed by atoms with Gasteiger partial charge >= 0.3 is 0 Å². The van der Waals surface area contributed by atoms with E-state index in [1.165, 1.54) is 5.56 Å². The summed E-state index contributed by atoms with van der Waals surface area (Å²) >= 11 is 0. The van der Waals surface area contributed by atoms with Crippen LogP contribution in [0.1, 0.15) is 27.2 Å². The SMILES string of the molecule is Cc1[nH]c2ccc(C(=O)NCc3cccc(OCCN(C)C)c3)cc2c1C. The Balaban J connectivity index is 1.63. The van der Waals surface area contributed by atoms with Crippen molar-refractivity contribution in [2.75, 3.05) is 27.2 Å². The van der Waals surface area contributed by atoms with Gasteiger partial charge in [0.2, 0.25) is 0 Å². The number of carbonyl (C=O) groups is 1. The molecule has 5 nitrogen and oxygen atoms in total. The molecule has 2 N–H and O–H groups in total. The van der Waals surface area contributed by atoms with Crippen LogP contribution in [0.2, 0.25) is 0 Å². The molecule has 0 aliphatic heterocycles. The van der Waals surface area contributed by atoms with E-state index in [9.17, 15) is 4.79 Å². The maximum absolute atomic E-state index is 12.6. The highest BCUT2D eigenvalue weighted by atomic mass is 16.5. The molecule has 0 radical (unpaired) electrons. The van der Waals surface area contributed by atoms with Gasteiger partial charge < -0.3 is 19.9 Å². The number of carbonyl (C=O) groups excluding carboxylic acids is 1. The average Bonchev–Trinajstić information content (AvgIpc) is 2.93. The normalized spacial score (nSPS) is 11.1. The third-order valence-corrected chi connectivity index (χ3v) is 4.73. The molecule has 1 aromatic heterocycles. The van der Waals surface area contributed by atoms with Gasteiger partial charge in [-0.2, -0.15) is 0 Å². The number of benzene rings is 2. The van der Waals surface area contributed by atoms with Gasteiger partial charge in [0.25, 0.3) is 5.91 Å². The lowest BCUT2D eigenvalue weighted by Crippen LogP contribution is -2.22. The minimum atomic E-state index is -0.0749. The van der Waals surface area contributed by atoms with Gasteiger partial charge in [-0.1, -0.05) is 12.1 Å². The number of likely N-dealkylation sites (N-methyl/N-ethyl adjacent to an activating group) is 1. The van der Waals surface area contributed by atoms with Gasteiger partial charge in [-0.05, 0) is 69.4 Å². The predicted octanol–water partition coefficient (Wildman–Crippen LogP) is 3.66. The summed E-state index contributed by atoms with van der Waals surface area (Å²) in [4.78, 5) is 18.0. The van der Waals surface area contributed by atoms with Crippen molar-refractivity contribution in [1.82, 2.24) is 15.2 Å². The summed E-state index contributed by atoms with van der Waals surface area (Å²) in [5.74, 6) is 0.748. The zero-order chi connectivity index (χ0) is 19.4. The third kappa shape index (κ3) is 4.68. The molecular weight excluding hydrogens is 338 g/mol. The highest BCUT2D eigenvalue weighted by molar-refractivity contribution is 5.99. The highest BCUT2D eigenvalue weighted by Gasteiger charge is 2.10. The highest BCUT2D eigenvalue weighted by Crippen LogP contribution is 2.22. The molecule has 27 heavy (non-hydrogen) atoms. The number of aromatic nitrogens is 1. The monoisotopic (exact) mass is 365 g/mol. The van der Waals surface area contributed by atoms with Crippen molar-refractivity contribution in [1.29, 1.82) is 0 Å². The fourth-order valence-corrected chi connectivity index (χ4v) is 2.98. The molecule has 0 aliphatic rings. The molecule has 0 atom stereocenters. The lowest BCUT2D eigenvalue weighted by Gasteiger charge is -2.12. The molecule has 0 saturated carbocycles. The van der Waals surface area contributed by atoms with Gasteiger partial charge in [0.05, 0.1) is 0 Å². The molecule has 0 spiro atoms. The Morgan fingerprint density at radius 1 is 1.15 bits per heavy atom. The minimum absolute atomic E-state index is 0.0749. The van der Waals surface area contributed by atoms with Crippen LogP contribution in [0.25, 0.3) is 10.9 Å². The topological polar surface area (TPSA) is 57.4 Å². The number of amides is 1. The van der Waals surface area contributed by atoms with Gasteiger partial charge in [-0.15, -0.1) is 0 Å². The Morgan fingerprint density at radius 2 is 1.96 bits per heavy atom. The standard InChI is InChI=1S/C22H27N3O2/c1-15-16(2)24-21-9-8-18(13-20(15)21)22(26)23-14-17-6-5-7-19(12-17)27-11-10-25(3)4/h5-9,12-13,24H,10-11,14H2,1-4H3,(H,23,26). The molecule has 2 aromatic carbocycles. The second-order valence-corrected chi connectivity index (χ2v) is 7.12. The van der Waals surface area contributed by atoms with E-state index in [0.717, 1.165) is 34.5 Å².